The van der Waals surface area contributed by atoms with Crippen LogP contribution in [0.3, 0.4) is 0 Å². The zero-order valence-electron chi connectivity index (χ0n) is 16.2. The molecule has 0 N–H and O–H groups in total. The maximum absolute atomic E-state index is 4.93. The molecule has 0 aromatic heterocycles. The topological polar surface area (TPSA) is 0 Å². The van der Waals surface area contributed by atoms with Gasteiger partial charge in [-0.1, -0.05) is 86.7 Å². The molecule has 0 radical (unpaired) electrons. The van der Waals surface area contributed by atoms with Crippen LogP contribution in [-0.2, 0) is 27.3 Å². The Kier molecular flexibility index (Phi) is 8.72. The number of rotatable bonds is 6. The second-order valence-corrected chi connectivity index (χ2v) is 10.8. The summed E-state index contributed by atoms with van der Waals surface area (Å²) in [6.07, 6.45) is 6.49. The van der Waals surface area contributed by atoms with Crippen molar-refractivity contribution in [1.29, 1.82) is 0 Å². The fraction of sp³-hybridized carbons (Fsp3) is 0.240. The van der Waals surface area contributed by atoms with Crippen LogP contribution < -0.4 is 0 Å². The van der Waals surface area contributed by atoms with Gasteiger partial charge in [0.2, 0.25) is 0 Å². The summed E-state index contributed by atoms with van der Waals surface area (Å²) in [5.74, 6) is 0. The average molecular weight is 488 g/mol. The molecule has 3 heteroatoms. The van der Waals surface area contributed by atoms with E-state index in [-0.39, 0.29) is 0 Å². The van der Waals surface area contributed by atoms with E-state index in [4.69, 9.17) is 17.0 Å². The Bertz CT molecular complexity index is 1010. The molecule has 0 aliphatic carbocycles. The van der Waals surface area contributed by atoms with Gasteiger partial charge in [0.15, 0.2) is 0 Å². The molecule has 4 rings (SSSR count). The van der Waals surface area contributed by atoms with Crippen molar-refractivity contribution in [1.82, 2.24) is 0 Å². The predicted molar refractivity (Wildman–Crippen MR) is 122 cm³/mol. The SMILES string of the molecule is CCCCCCc1cc2c(-c3cccc4ccccc34)cccc2[cH-]1.[Cl][Zr][Cl]. The third-order valence-electron chi connectivity index (χ3n) is 5.21. The number of unbranched alkanes of at least 4 members (excludes halogenated alkanes) is 3. The first-order valence-electron chi connectivity index (χ1n) is 9.91. The molecule has 0 aliphatic heterocycles. The van der Waals surface area contributed by atoms with Crippen molar-refractivity contribution in [3.63, 3.8) is 0 Å². The molecular formula is C25H25Cl2Zr-. The summed E-state index contributed by atoms with van der Waals surface area (Å²) < 4.78 is 0. The van der Waals surface area contributed by atoms with Crippen LogP contribution >= 0.6 is 17.0 Å². The third kappa shape index (κ3) is 5.32. The standard InChI is InChI=1S/C25H25.2ClH.Zr/c1-2-3-4-5-10-19-17-21-13-9-16-24(25(21)18-19)23-15-8-12-20-11-6-7-14-22(20)23;;;/h6-9,11-18H,2-5,10H2,1H3;2*1H;/q-1;;;+2/p-2. The van der Waals surface area contributed by atoms with Crippen molar-refractivity contribution in [2.24, 2.45) is 0 Å². The molecule has 0 aliphatic rings. The fourth-order valence-electron chi connectivity index (χ4n) is 3.89. The maximum atomic E-state index is 4.93. The number of halogens is 2. The van der Waals surface area contributed by atoms with Gasteiger partial charge in [-0.05, 0) is 22.8 Å². The van der Waals surface area contributed by atoms with Crippen molar-refractivity contribution in [2.45, 2.75) is 39.0 Å². The minimum atomic E-state index is -0.826. The molecule has 0 fully saturated rings. The number of benzene rings is 3. The molecule has 0 amide bonds. The third-order valence-corrected chi connectivity index (χ3v) is 5.21. The van der Waals surface area contributed by atoms with Crippen molar-refractivity contribution in [3.8, 4) is 11.1 Å². The first-order chi connectivity index (χ1) is 13.8. The Morgan fingerprint density at radius 1 is 0.786 bits per heavy atom. The van der Waals surface area contributed by atoms with E-state index in [1.807, 2.05) is 0 Å². The number of fused-ring (bicyclic) bond motifs is 2. The van der Waals surface area contributed by atoms with E-state index in [0.29, 0.717) is 0 Å². The Morgan fingerprint density at radius 2 is 1.46 bits per heavy atom. The summed E-state index contributed by atoms with van der Waals surface area (Å²) in [6, 6.07) is 26.8. The molecule has 0 saturated heterocycles. The Balaban J connectivity index is 0.000000706. The molecule has 0 unspecified atom stereocenters. The molecule has 0 heterocycles. The van der Waals surface area contributed by atoms with Gasteiger partial charge in [-0.25, -0.2) is 0 Å². The van der Waals surface area contributed by atoms with Crippen molar-refractivity contribution >= 4 is 38.6 Å². The first-order valence-corrected chi connectivity index (χ1v) is 16.2. The van der Waals surface area contributed by atoms with E-state index in [2.05, 4.69) is 79.7 Å². The van der Waals surface area contributed by atoms with E-state index >= 15 is 0 Å². The first kappa shape index (κ1) is 21.7. The van der Waals surface area contributed by atoms with Crippen molar-refractivity contribution < 1.29 is 20.8 Å². The van der Waals surface area contributed by atoms with Crippen LogP contribution in [0, 0.1) is 0 Å². The second kappa shape index (κ2) is 11.2. The van der Waals surface area contributed by atoms with Gasteiger partial charge in [-0.2, -0.15) is 6.07 Å². The van der Waals surface area contributed by atoms with E-state index in [0.717, 1.165) is 0 Å². The van der Waals surface area contributed by atoms with Crippen LogP contribution in [0.1, 0.15) is 38.2 Å². The summed E-state index contributed by atoms with van der Waals surface area (Å²) in [6.45, 7) is 2.27. The van der Waals surface area contributed by atoms with Gasteiger partial charge in [0.25, 0.3) is 0 Å². The Labute approximate surface area is 186 Å². The second-order valence-electron chi connectivity index (χ2n) is 7.08. The van der Waals surface area contributed by atoms with Gasteiger partial charge >= 0.3 is 37.9 Å². The number of hydrogen-bond donors (Lipinski definition) is 0. The molecule has 0 spiro atoms. The van der Waals surface area contributed by atoms with E-state index in [1.165, 1.54) is 70.3 Å². The quantitative estimate of drug-likeness (QED) is 0.188. The van der Waals surface area contributed by atoms with Gasteiger partial charge in [0, 0.05) is 0 Å². The van der Waals surface area contributed by atoms with E-state index in [9.17, 15) is 0 Å². The minimum absolute atomic E-state index is 0.826. The van der Waals surface area contributed by atoms with Crippen LogP contribution in [0.5, 0.6) is 0 Å². The van der Waals surface area contributed by atoms with E-state index < -0.39 is 20.8 Å². The summed E-state index contributed by atoms with van der Waals surface area (Å²) in [5.41, 5.74) is 4.18. The molecule has 144 valence electrons. The summed E-state index contributed by atoms with van der Waals surface area (Å²) in [7, 11) is 9.87. The molecule has 28 heavy (non-hydrogen) atoms. The van der Waals surface area contributed by atoms with Crippen LogP contribution in [0.2, 0.25) is 0 Å². The molecule has 0 nitrogen and oxygen atoms in total. The molecular weight excluding hydrogens is 462 g/mol. The average Bonchev–Trinajstić information content (AvgIpc) is 3.14. The molecule has 0 bridgehead atoms. The van der Waals surface area contributed by atoms with Gasteiger partial charge in [-0.3, -0.25) is 0 Å². The van der Waals surface area contributed by atoms with Crippen LogP contribution in [0.15, 0.2) is 72.8 Å². The van der Waals surface area contributed by atoms with Gasteiger partial charge in [0.1, 0.15) is 0 Å². The van der Waals surface area contributed by atoms with Gasteiger partial charge in [-0.15, -0.1) is 34.5 Å². The van der Waals surface area contributed by atoms with Crippen molar-refractivity contribution in [3.05, 3.63) is 78.4 Å². The van der Waals surface area contributed by atoms with Crippen LogP contribution in [-0.4, -0.2) is 0 Å². The number of aryl methyl sites for hydroxylation is 1. The zero-order valence-corrected chi connectivity index (χ0v) is 20.2. The van der Waals surface area contributed by atoms with Gasteiger partial charge < -0.3 is 0 Å². The molecule has 4 aromatic rings. The molecule has 0 atom stereocenters. The zero-order chi connectivity index (χ0) is 19.8. The Hall–Kier alpha value is -1.01. The summed E-state index contributed by atoms with van der Waals surface area (Å²) in [4.78, 5) is 0. The number of hydrogen-bond acceptors (Lipinski definition) is 0. The normalized spacial score (nSPS) is 10.7. The van der Waals surface area contributed by atoms with Gasteiger partial charge in [0.05, 0.1) is 0 Å². The monoisotopic (exact) mass is 485 g/mol. The molecule has 0 saturated carbocycles. The predicted octanol–water partition coefficient (Wildman–Crippen LogP) is 8.88. The molecule has 4 aromatic carbocycles. The van der Waals surface area contributed by atoms with Crippen LogP contribution in [0.25, 0.3) is 32.7 Å². The Morgan fingerprint density at radius 3 is 2.25 bits per heavy atom. The summed E-state index contributed by atoms with van der Waals surface area (Å²) in [5, 5.41) is 5.41. The fourth-order valence-corrected chi connectivity index (χ4v) is 3.89. The van der Waals surface area contributed by atoms with E-state index in [1.54, 1.807) is 0 Å². The van der Waals surface area contributed by atoms with Crippen LogP contribution in [0.4, 0.5) is 0 Å². The summed E-state index contributed by atoms with van der Waals surface area (Å²) >= 11 is -0.826. The van der Waals surface area contributed by atoms with Crippen molar-refractivity contribution in [2.75, 3.05) is 0 Å².